The van der Waals surface area contributed by atoms with Gasteiger partial charge >= 0.3 is 5.97 Å². The molecule has 40 heavy (non-hydrogen) atoms. The van der Waals surface area contributed by atoms with E-state index in [1.54, 1.807) is 38.5 Å². The average molecular weight is 562 g/mol. The summed E-state index contributed by atoms with van der Waals surface area (Å²) in [6.07, 6.45) is 1.46. The molecule has 0 aliphatic rings. The number of hydrazone groups is 1. The number of carbonyl (C=O) groups excluding carboxylic acids is 2. The van der Waals surface area contributed by atoms with Crippen LogP contribution in [-0.2, 0) is 9.59 Å². The number of methoxy groups -OCH3 is 3. The van der Waals surface area contributed by atoms with Crippen LogP contribution >= 0.6 is 11.8 Å². The highest BCUT2D eigenvalue weighted by molar-refractivity contribution is 7.99. The van der Waals surface area contributed by atoms with Crippen LogP contribution in [0.2, 0.25) is 0 Å². The molecule has 12 heteroatoms. The van der Waals surface area contributed by atoms with Crippen molar-refractivity contribution in [3.63, 3.8) is 0 Å². The highest BCUT2D eigenvalue weighted by atomic mass is 32.2. The number of ether oxygens (including phenoxy) is 4. The van der Waals surface area contributed by atoms with E-state index >= 15 is 0 Å². The topological polar surface area (TPSA) is 126 Å². The van der Waals surface area contributed by atoms with Crippen LogP contribution in [0.1, 0.15) is 12.5 Å². The lowest BCUT2D eigenvalue weighted by Crippen LogP contribution is -2.20. The Kier molecular flexibility index (Phi) is 9.36. The minimum Gasteiger partial charge on any atom is -0.493 e. The lowest BCUT2D eigenvalue weighted by Gasteiger charge is -2.12. The van der Waals surface area contributed by atoms with Crippen molar-refractivity contribution in [3.05, 3.63) is 72.3 Å². The third-order valence-electron chi connectivity index (χ3n) is 5.47. The van der Waals surface area contributed by atoms with Gasteiger partial charge in [0.05, 0.1) is 33.3 Å². The molecule has 4 aromatic rings. The van der Waals surface area contributed by atoms with E-state index in [1.165, 1.54) is 32.0 Å². The Morgan fingerprint density at radius 3 is 2.30 bits per heavy atom. The van der Waals surface area contributed by atoms with E-state index in [4.69, 9.17) is 18.9 Å². The summed E-state index contributed by atoms with van der Waals surface area (Å²) in [5.41, 5.74) is 4.76. The molecule has 0 saturated carbocycles. The first kappa shape index (κ1) is 28.2. The number of hydrogen-bond donors (Lipinski definition) is 1. The predicted octanol–water partition coefficient (Wildman–Crippen LogP) is 4.13. The number of carbonyl (C=O) groups is 2. The number of nitrogens with one attached hydrogen (secondary N) is 1. The van der Waals surface area contributed by atoms with Gasteiger partial charge in [0.15, 0.2) is 34.0 Å². The molecule has 0 saturated heterocycles. The van der Waals surface area contributed by atoms with Crippen molar-refractivity contribution in [1.29, 1.82) is 0 Å². The van der Waals surface area contributed by atoms with Crippen LogP contribution in [0, 0.1) is 0 Å². The van der Waals surface area contributed by atoms with Gasteiger partial charge in [0.25, 0.3) is 5.91 Å². The second kappa shape index (κ2) is 13.3. The zero-order valence-corrected chi connectivity index (χ0v) is 23.1. The highest BCUT2D eigenvalue weighted by Gasteiger charge is 2.19. The number of nitrogens with zero attached hydrogens (tertiary/aromatic N) is 4. The first-order valence-electron chi connectivity index (χ1n) is 12.0. The Labute approximate surface area is 235 Å². The second-order valence-corrected chi connectivity index (χ2v) is 9.08. The van der Waals surface area contributed by atoms with Gasteiger partial charge in [0.2, 0.25) is 0 Å². The summed E-state index contributed by atoms with van der Waals surface area (Å²) in [5, 5.41) is 13.3. The van der Waals surface area contributed by atoms with Gasteiger partial charge in [-0.2, -0.15) is 5.10 Å². The molecule has 206 valence electrons. The van der Waals surface area contributed by atoms with Crippen LogP contribution in [-0.4, -0.2) is 59.9 Å². The number of aromatic nitrogens is 3. The maximum Gasteiger partial charge on any atom is 0.308 e. The molecular formula is C28H27N5O6S. The number of amides is 1. The largest absolute Gasteiger partial charge is 0.493 e. The fourth-order valence-electron chi connectivity index (χ4n) is 3.68. The monoisotopic (exact) mass is 561 g/mol. The summed E-state index contributed by atoms with van der Waals surface area (Å²) in [7, 11) is 4.61. The van der Waals surface area contributed by atoms with E-state index in [0.29, 0.717) is 39.5 Å². The fourth-order valence-corrected chi connectivity index (χ4v) is 4.42. The Morgan fingerprint density at radius 2 is 1.60 bits per heavy atom. The van der Waals surface area contributed by atoms with Gasteiger partial charge in [-0.15, -0.1) is 10.2 Å². The molecule has 0 fully saturated rings. The molecule has 0 bridgehead atoms. The Hall–Kier alpha value is -4.84. The number of thioether (sulfide) groups is 1. The second-order valence-electron chi connectivity index (χ2n) is 8.13. The normalized spacial score (nSPS) is 10.8. The fraction of sp³-hybridized carbons (Fsp3) is 0.179. The molecule has 0 atom stereocenters. The van der Waals surface area contributed by atoms with Crippen molar-refractivity contribution in [3.8, 4) is 40.1 Å². The molecule has 0 radical (unpaired) electrons. The zero-order valence-electron chi connectivity index (χ0n) is 22.3. The first-order valence-corrected chi connectivity index (χ1v) is 13.0. The Morgan fingerprint density at radius 1 is 0.900 bits per heavy atom. The Bertz CT molecular complexity index is 1520. The van der Waals surface area contributed by atoms with Gasteiger partial charge in [-0.25, -0.2) is 5.43 Å². The van der Waals surface area contributed by atoms with E-state index in [9.17, 15) is 9.59 Å². The van der Waals surface area contributed by atoms with E-state index in [-0.39, 0.29) is 11.7 Å². The van der Waals surface area contributed by atoms with Crippen molar-refractivity contribution in [2.45, 2.75) is 12.1 Å². The molecule has 4 rings (SSSR count). The lowest BCUT2D eigenvalue weighted by atomic mass is 10.2. The third-order valence-corrected chi connectivity index (χ3v) is 6.40. The SMILES string of the molecule is COc1ccc(-c2nnc(SCC(=O)N/N=C/c3ccc(OC(C)=O)c(OC)c3)n2-c2ccccc2)cc1OC. The van der Waals surface area contributed by atoms with Gasteiger partial charge in [-0.1, -0.05) is 30.0 Å². The molecule has 0 spiro atoms. The predicted molar refractivity (Wildman–Crippen MR) is 151 cm³/mol. The van der Waals surface area contributed by atoms with Crippen molar-refractivity contribution in [2.24, 2.45) is 5.10 Å². The molecule has 1 heterocycles. The molecular weight excluding hydrogens is 534 g/mol. The molecule has 1 N–H and O–H groups in total. The van der Waals surface area contributed by atoms with Crippen LogP contribution in [0.5, 0.6) is 23.0 Å². The molecule has 0 aliphatic heterocycles. The number of benzene rings is 3. The Balaban J connectivity index is 1.48. The summed E-state index contributed by atoms with van der Waals surface area (Å²) in [6, 6.07) is 20.0. The molecule has 0 unspecified atom stereocenters. The summed E-state index contributed by atoms with van der Waals surface area (Å²) < 4.78 is 23.0. The van der Waals surface area contributed by atoms with E-state index in [2.05, 4.69) is 20.7 Å². The molecule has 3 aromatic carbocycles. The quantitative estimate of drug-likeness (QED) is 0.0946. The summed E-state index contributed by atoms with van der Waals surface area (Å²) >= 11 is 1.22. The lowest BCUT2D eigenvalue weighted by molar-refractivity contribution is -0.132. The van der Waals surface area contributed by atoms with Gasteiger partial charge in [0, 0.05) is 18.2 Å². The standard InChI is InChI=1S/C28H27N5O6S/c1-18(34)39-23-12-10-19(14-24(23)37-3)16-29-30-26(35)17-40-28-32-31-27(33(28)21-8-6-5-7-9-21)20-11-13-22(36-2)25(15-20)38-4/h5-16H,17H2,1-4H3,(H,30,35)/b29-16+. The van der Waals surface area contributed by atoms with Crippen molar-refractivity contribution in [2.75, 3.05) is 27.1 Å². The first-order chi connectivity index (χ1) is 19.4. The minimum absolute atomic E-state index is 0.0446. The van der Waals surface area contributed by atoms with Gasteiger partial charge in [-0.05, 0) is 54.1 Å². The van der Waals surface area contributed by atoms with Crippen molar-refractivity contribution >= 4 is 29.9 Å². The summed E-state index contributed by atoms with van der Waals surface area (Å²) in [6.45, 7) is 1.31. The van der Waals surface area contributed by atoms with Crippen molar-refractivity contribution < 1.29 is 28.5 Å². The smallest absolute Gasteiger partial charge is 0.308 e. The van der Waals surface area contributed by atoms with Gasteiger partial charge in [-0.3, -0.25) is 14.2 Å². The molecule has 0 aliphatic carbocycles. The summed E-state index contributed by atoms with van der Waals surface area (Å²) in [5.74, 6) is 1.66. The van der Waals surface area contributed by atoms with Crippen LogP contribution in [0.4, 0.5) is 0 Å². The van der Waals surface area contributed by atoms with Gasteiger partial charge in [0.1, 0.15) is 0 Å². The van der Waals surface area contributed by atoms with E-state index in [0.717, 1.165) is 11.3 Å². The van der Waals surface area contributed by atoms with Crippen molar-refractivity contribution in [1.82, 2.24) is 20.2 Å². The number of rotatable bonds is 11. The highest BCUT2D eigenvalue weighted by Crippen LogP contribution is 2.34. The van der Waals surface area contributed by atoms with E-state index < -0.39 is 5.97 Å². The number of hydrogen-bond acceptors (Lipinski definition) is 10. The minimum atomic E-state index is -0.455. The van der Waals surface area contributed by atoms with Gasteiger partial charge < -0.3 is 18.9 Å². The summed E-state index contributed by atoms with van der Waals surface area (Å²) in [4.78, 5) is 23.8. The number of esters is 1. The van der Waals surface area contributed by atoms with Crippen LogP contribution in [0.3, 0.4) is 0 Å². The van der Waals surface area contributed by atoms with E-state index in [1.807, 2.05) is 47.0 Å². The van der Waals surface area contributed by atoms with Crippen LogP contribution in [0.25, 0.3) is 17.1 Å². The average Bonchev–Trinajstić information content (AvgIpc) is 3.40. The number of para-hydroxylation sites is 1. The van der Waals surface area contributed by atoms with Crippen LogP contribution in [0.15, 0.2) is 77.0 Å². The zero-order chi connectivity index (χ0) is 28.5. The molecule has 11 nitrogen and oxygen atoms in total. The third kappa shape index (κ3) is 6.77. The molecule has 1 aromatic heterocycles. The maximum atomic E-state index is 12.6. The molecule has 1 amide bonds. The maximum absolute atomic E-state index is 12.6. The van der Waals surface area contributed by atoms with Crippen LogP contribution < -0.4 is 24.4 Å².